The third-order valence-corrected chi connectivity index (χ3v) is 6.80. The lowest BCUT2D eigenvalue weighted by molar-refractivity contribution is -0.178. The van der Waals surface area contributed by atoms with Crippen molar-refractivity contribution in [1.82, 2.24) is 14.9 Å². The number of hydrogen-bond acceptors (Lipinski definition) is 6. The Morgan fingerprint density at radius 2 is 1.49 bits per heavy atom. The number of hydrazine groups is 1. The largest absolute Gasteiger partial charge is 0.461 e. The highest BCUT2D eigenvalue weighted by Gasteiger charge is 2.47. The lowest BCUT2D eigenvalue weighted by atomic mass is 9.95. The molecule has 2 aromatic rings. The van der Waals surface area contributed by atoms with E-state index >= 15 is 0 Å². The summed E-state index contributed by atoms with van der Waals surface area (Å²) in [5.41, 5.74) is 1.60. The first kappa shape index (κ1) is 31.5. The lowest BCUT2D eigenvalue weighted by Gasteiger charge is -2.48. The molecule has 1 heterocycles. The first-order chi connectivity index (χ1) is 19.3. The Morgan fingerprint density at radius 1 is 0.927 bits per heavy atom. The zero-order valence-electron chi connectivity index (χ0n) is 24.9. The molecule has 0 saturated carbocycles. The summed E-state index contributed by atoms with van der Waals surface area (Å²) >= 11 is 0. The minimum atomic E-state index is -1.76. The van der Waals surface area contributed by atoms with Crippen LogP contribution in [-0.4, -0.2) is 68.0 Å². The van der Waals surface area contributed by atoms with Gasteiger partial charge in [-0.2, -0.15) is 0 Å². The van der Waals surface area contributed by atoms with E-state index in [0.717, 1.165) is 10.6 Å². The molecular weight excluding hydrogens is 522 g/mol. The summed E-state index contributed by atoms with van der Waals surface area (Å²) in [4.78, 5) is 55.8. The van der Waals surface area contributed by atoms with Gasteiger partial charge in [0.05, 0.1) is 17.8 Å². The van der Waals surface area contributed by atoms with Gasteiger partial charge < -0.3 is 14.7 Å². The van der Waals surface area contributed by atoms with E-state index in [1.807, 2.05) is 50.2 Å². The molecule has 3 rings (SSSR count). The summed E-state index contributed by atoms with van der Waals surface area (Å²) in [6, 6.07) is 15.9. The molecular formula is C32H41N3O6. The van der Waals surface area contributed by atoms with Gasteiger partial charge in [-0.05, 0) is 31.7 Å². The van der Waals surface area contributed by atoms with Gasteiger partial charge in [-0.25, -0.2) is 14.8 Å². The molecule has 41 heavy (non-hydrogen) atoms. The fourth-order valence-corrected chi connectivity index (χ4v) is 4.93. The van der Waals surface area contributed by atoms with Gasteiger partial charge in [-0.15, -0.1) is 0 Å². The zero-order chi connectivity index (χ0) is 30.4. The topological polar surface area (TPSA) is 107 Å². The minimum Gasteiger partial charge on any atom is -0.461 e. The van der Waals surface area contributed by atoms with Crippen LogP contribution in [0.1, 0.15) is 59.6 Å². The van der Waals surface area contributed by atoms with Crippen molar-refractivity contribution in [3.05, 3.63) is 78.0 Å². The van der Waals surface area contributed by atoms with Crippen molar-refractivity contribution < 1.29 is 29.0 Å². The molecule has 1 unspecified atom stereocenters. The Bertz CT molecular complexity index is 1260. The Kier molecular flexibility index (Phi) is 10.5. The molecule has 3 amide bonds. The second-order valence-corrected chi connectivity index (χ2v) is 11.2. The van der Waals surface area contributed by atoms with Gasteiger partial charge in [0.15, 0.2) is 6.10 Å². The number of ether oxygens (including phenoxy) is 1. The molecule has 0 aliphatic carbocycles. The van der Waals surface area contributed by atoms with Gasteiger partial charge in [0.25, 0.3) is 5.91 Å². The van der Waals surface area contributed by atoms with Gasteiger partial charge in [0, 0.05) is 24.6 Å². The standard InChI is InChI=1S/C32H41N3O6/c1-20(2)28-31(39)35(27(25-16-12-9-13-17-25)19-33(28)30(38)21(3)4)34(23(7)36)26(18-24-14-10-8-11-15-24)29(37)32(40)41-22(5)6/h8-17,19-22,26,28-29,37H,18H2,1-7H3/t26-,28+,29?/m0/s1. The van der Waals surface area contributed by atoms with Crippen LogP contribution in [0.15, 0.2) is 66.9 Å². The lowest BCUT2D eigenvalue weighted by Crippen LogP contribution is -2.65. The molecule has 0 spiro atoms. The van der Waals surface area contributed by atoms with Crippen LogP contribution < -0.4 is 0 Å². The third-order valence-electron chi connectivity index (χ3n) is 6.80. The van der Waals surface area contributed by atoms with E-state index in [-0.39, 0.29) is 29.9 Å². The van der Waals surface area contributed by atoms with Gasteiger partial charge >= 0.3 is 5.97 Å². The Balaban J connectivity index is 2.27. The van der Waals surface area contributed by atoms with Crippen LogP contribution in [0.5, 0.6) is 0 Å². The fourth-order valence-electron chi connectivity index (χ4n) is 4.93. The van der Waals surface area contributed by atoms with Crippen molar-refractivity contribution in [2.45, 2.75) is 79.2 Å². The Labute approximate surface area is 242 Å². The molecule has 1 aliphatic heterocycles. The highest BCUT2D eigenvalue weighted by Crippen LogP contribution is 2.34. The second-order valence-electron chi connectivity index (χ2n) is 11.2. The van der Waals surface area contributed by atoms with Gasteiger partial charge in [0.1, 0.15) is 6.04 Å². The summed E-state index contributed by atoms with van der Waals surface area (Å²) < 4.78 is 5.32. The van der Waals surface area contributed by atoms with Crippen LogP contribution in [0.25, 0.3) is 5.70 Å². The van der Waals surface area contributed by atoms with E-state index in [1.54, 1.807) is 58.2 Å². The molecule has 9 nitrogen and oxygen atoms in total. The molecule has 2 aromatic carbocycles. The van der Waals surface area contributed by atoms with Crippen molar-refractivity contribution in [3.8, 4) is 0 Å². The number of carbonyl (C=O) groups is 4. The molecule has 220 valence electrons. The average Bonchev–Trinajstić information content (AvgIpc) is 2.92. The predicted molar refractivity (Wildman–Crippen MR) is 155 cm³/mol. The number of amides is 3. The van der Waals surface area contributed by atoms with Crippen LogP contribution in [-0.2, 0) is 30.3 Å². The maximum atomic E-state index is 14.5. The Morgan fingerprint density at radius 3 is 1.98 bits per heavy atom. The zero-order valence-corrected chi connectivity index (χ0v) is 24.9. The number of aliphatic hydroxyl groups is 1. The highest BCUT2D eigenvalue weighted by atomic mass is 16.6. The van der Waals surface area contributed by atoms with Crippen LogP contribution >= 0.6 is 0 Å². The van der Waals surface area contributed by atoms with Crippen molar-refractivity contribution in [3.63, 3.8) is 0 Å². The summed E-state index contributed by atoms with van der Waals surface area (Å²) in [5.74, 6) is -2.92. The monoisotopic (exact) mass is 563 g/mol. The van der Waals surface area contributed by atoms with Crippen molar-refractivity contribution in [1.29, 1.82) is 0 Å². The number of benzene rings is 2. The molecule has 0 saturated heterocycles. The quantitative estimate of drug-likeness (QED) is 0.438. The maximum absolute atomic E-state index is 14.5. The van der Waals surface area contributed by atoms with Gasteiger partial charge in [-0.1, -0.05) is 88.4 Å². The smallest absolute Gasteiger partial charge is 0.337 e. The van der Waals surface area contributed by atoms with E-state index in [1.165, 1.54) is 16.8 Å². The van der Waals surface area contributed by atoms with E-state index in [9.17, 15) is 24.3 Å². The predicted octanol–water partition coefficient (Wildman–Crippen LogP) is 4.02. The second kappa shape index (κ2) is 13.6. The van der Waals surface area contributed by atoms with E-state index in [4.69, 9.17) is 4.74 Å². The normalized spacial score (nSPS) is 17.0. The summed E-state index contributed by atoms with van der Waals surface area (Å²) in [7, 11) is 0. The highest BCUT2D eigenvalue weighted by molar-refractivity contribution is 5.99. The van der Waals surface area contributed by atoms with Gasteiger partial charge in [-0.3, -0.25) is 14.4 Å². The molecule has 0 aromatic heterocycles. The van der Waals surface area contributed by atoms with Crippen LogP contribution in [0, 0.1) is 11.8 Å². The molecule has 0 radical (unpaired) electrons. The molecule has 3 atom stereocenters. The van der Waals surface area contributed by atoms with Crippen LogP contribution in [0.3, 0.4) is 0 Å². The molecule has 0 bridgehead atoms. The van der Waals surface area contributed by atoms with Crippen molar-refractivity contribution in [2.24, 2.45) is 11.8 Å². The van der Waals surface area contributed by atoms with Crippen LogP contribution in [0.4, 0.5) is 0 Å². The number of carbonyl (C=O) groups excluding carboxylic acids is 4. The molecule has 9 heteroatoms. The fraction of sp³-hybridized carbons (Fsp3) is 0.438. The third kappa shape index (κ3) is 7.21. The minimum absolute atomic E-state index is 0.0572. The molecule has 1 aliphatic rings. The summed E-state index contributed by atoms with van der Waals surface area (Å²) in [5, 5.41) is 13.8. The Hall–Kier alpha value is -3.98. The summed E-state index contributed by atoms with van der Waals surface area (Å²) in [6.07, 6.45) is -0.614. The van der Waals surface area contributed by atoms with Crippen LogP contribution in [0.2, 0.25) is 0 Å². The SMILES string of the molecule is CC(=O)N([C@@H](Cc1ccccc1)C(O)C(=O)OC(C)C)N1C(=O)[C@@H](C(C)C)N(C(=O)C(C)C)C=C1c1ccccc1. The number of aliphatic hydroxyl groups excluding tert-OH is 1. The van der Waals surface area contributed by atoms with E-state index in [0.29, 0.717) is 5.56 Å². The number of esters is 1. The number of nitrogens with zero attached hydrogens (tertiary/aromatic N) is 3. The van der Waals surface area contributed by atoms with E-state index in [2.05, 4.69) is 0 Å². The molecule has 1 N–H and O–H groups in total. The van der Waals surface area contributed by atoms with Crippen molar-refractivity contribution >= 4 is 29.4 Å². The molecule has 0 fully saturated rings. The van der Waals surface area contributed by atoms with E-state index < -0.39 is 42.1 Å². The summed E-state index contributed by atoms with van der Waals surface area (Å²) in [6.45, 7) is 11.8. The first-order valence-electron chi connectivity index (χ1n) is 14.0. The van der Waals surface area contributed by atoms with Gasteiger partial charge in [0.2, 0.25) is 11.8 Å². The van der Waals surface area contributed by atoms with Crippen molar-refractivity contribution in [2.75, 3.05) is 0 Å². The number of hydrogen-bond donors (Lipinski definition) is 1. The first-order valence-corrected chi connectivity index (χ1v) is 14.0. The maximum Gasteiger partial charge on any atom is 0.337 e. The average molecular weight is 564 g/mol. The number of rotatable bonds is 10.